The average Bonchev–Trinajstić information content (AvgIpc) is 2.71. The number of unbranched alkanes of at least 4 members (excludes halogenated alkanes) is 2. The molecule has 1 aromatic heterocycles. The summed E-state index contributed by atoms with van der Waals surface area (Å²) in [5, 5.41) is 2.96. The Balaban J connectivity index is 2.19. The summed E-state index contributed by atoms with van der Waals surface area (Å²) in [7, 11) is 0. The van der Waals surface area contributed by atoms with Crippen LogP contribution in [-0.2, 0) is 6.54 Å². The first-order chi connectivity index (χ1) is 14.4. The zero-order valence-electron chi connectivity index (χ0n) is 18.3. The predicted molar refractivity (Wildman–Crippen MR) is 124 cm³/mol. The minimum absolute atomic E-state index is 0.203. The second-order valence-electron chi connectivity index (χ2n) is 7.82. The Bertz CT molecular complexity index is 1110. The summed E-state index contributed by atoms with van der Waals surface area (Å²) >= 11 is 0. The number of benzene rings is 2. The Kier molecular flexibility index (Phi) is 6.88. The number of pyridine rings is 1. The molecule has 0 aliphatic carbocycles. The Morgan fingerprint density at radius 3 is 2.27 bits per heavy atom. The fraction of sp³-hybridized carbons (Fsp3) is 0.308. The lowest BCUT2D eigenvalue weighted by molar-refractivity contribution is 0.102. The number of rotatable bonds is 7. The normalized spacial score (nSPS) is 10.8. The number of nitrogens with zero attached hydrogens (tertiary/aromatic N) is 1. The first kappa shape index (κ1) is 21.6. The van der Waals surface area contributed by atoms with E-state index in [9.17, 15) is 9.59 Å². The summed E-state index contributed by atoms with van der Waals surface area (Å²) < 4.78 is 2.13. The van der Waals surface area contributed by atoms with Crippen LogP contribution in [0.25, 0.3) is 11.3 Å². The molecule has 2 aromatic carbocycles. The molecule has 0 fully saturated rings. The lowest BCUT2D eigenvalue weighted by Crippen LogP contribution is -2.27. The van der Waals surface area contributed by atoms with Gasteiger partial charge in [-0.2, -0.15) is 0 Å². The molecular weight excluding hydrogens is 372 g/mol. The molecule has 4 nitrogen and oxygen atoms in total. The van der Waals surface area contributed by atoms with Gasteiger partial charge in [-0.1, -0.05) is 62.2 Å². The molecule has 0 unspecified atom stereocenters. The summed E-state index contributed by atoms with van der Waals surface area (Å²) in [6, 6.07) is 17.1. The molecule has 1 amide bonds. The summed E-state index contributed by atoms with van der Waals surface area (Å²) in [6.45, 7) is 8.84. The van der Waals surface area contributed by atoms with Crippen LogP contribution >= 0.6 is 0 Å². The van der Waals surface area contributed by atoms with E-state index in [2.05, 4.69) is 16.8 Å². The molecule has 1 heterocycles. The number of anilines is 1. The van der Waals surface area contributed by atoms with E-state index in [0.717, 1.165) is 53.9 Å². The Hall–Kier alpha value is -3.14. The maximum Gasteiger partial charge on any atom is 0.261 e. The zero-order chi connectivity index (χ0) is 21.7. The van der Waals surface area contributed by atoms with Crippen LogP contribution in [0, 0.1) is 20.8 Å². The quantitative estimate of drug-likeness (QED) is 0.502. The molecule has 3 rings (SSSR count). The van der Waals surface area contributed by atoms with Crippen LogP contribution in [0.4, 0.5) is 5.69 Å². The molecule has 1 N–H and O–H groups in total. The Morgan fingerprint density at radius 2 is 1.60 bits per heavy atom. The van der Waals surface area contributed by atoms with Crippen molar-refractivity contribution in [1.82, 2.24) is 4.57 Å². The van der Waals surface area contributed by atoms with E-state index in [0.29, 0.717) is 5.69 Å². The maximum atomic E-state index is 13.4. The fourth-order valence-electron chi connectivity index (χ4n) is 3.81. The van der Waals surface area contributed by atoms with Crippen molar-refractivity contribution >= 4 is 11.6 Å². The van der Waals surface area contributed by atoms with Crippen molar-refractivity contribution in [3.05, 3.63) is 87.2 Å². The summed E-state index contributed by atoms with van der Waals surface area (Å²) in [6.07, 6.45) is 3.21. The number of hydrogen-bond acceptors (Lipinski definition) is 2. The standard InChI is InChI=1S/C26H30N2O2/c1-5-6-11-16-28-20(4)17-23(29)24(25(28)21-14-9-7-12-18(21)2)26(30)27-22-15-10-8-13-19(22)3/h7-10,12-15,17H,5-6,11,16H2,1-4H3,(H,27,30). The minimum Gasteiger partial charge on any atom is -0.344 e. The van der Waals surface area contributed by atoms with E-state index in [4.69, 9.17) is 0 Å². The van der Waals surface area contributed by atoms with Crippen LogP contribution < -0.4 is 10.7 Å². The van der Waals surface area contributed by atoms with Gasteiger partial charge in [0.15, 0.2) is 5.43 Å². The highest BCUT2D eigenvalue weighted by Crippen LogP contribution is 2.28. The van der Waals surface area contributed by atoms with Gasteiger partial charge < -0.3 is 9.88 Å². The van der Waals surface area contributed by atoms with Crippen LogP contribution in [0.15, 0.2) is 59.4 Å². The first-order valence-electron chi connectivity index (χ1n) is 10.6. The zero-order valence-corrected chi connectivity index (χ0v) is 18.3. The number of aromatic nitrogens is 1. The van der Waals surface area contributed by atoms with E-state index in [1.165, 1.54) is 0 Å². The van der Waals surface area contributed by atoms with Gasteiger partial charge in [-0.05, 0) is 44.4 Å². The van der Waals surface area contributed by atoms with E-state index in [1.807, 2.05) is 69.3 Å². The average molecular weight is 403 g/mol. The van der Waals surface area contributed by atoms with E-state index in [1.54, 1.807) is 6.07 Å². The van der Waals surface area contributed by atoms with Gasteiger partial charge in [0.25, 0.3) is 5.91 Å². The van der Waals surface area contributed by atoms with Crippen molar-refractivity contribution in [2.24, 2.45) is 0 Å². The number of carbonyl (C=O) groups is 1. The topological polar surface area (TPSA) is 51.1 Å². The predicted octanol–water partition coefficient (Wildman–Crippen LogP) is 5.88. The molecule has 0 aliphatic rings. The minimum atomic E-state index is -0.364. The third-order valence-corrected chi connectivity index (χ3v) is 5.52. The SMILES string of the molecule is CCCCCn1c(C)cc(=O)c(C(=O)Nc2ccccc2C)c1-c1ccccc1C. The van der Waals surface area contributed by atoms with Crippen molar-refractivity contribution in [2.45, 2.75) is 53.5 Å². The summed E-state index contributed by atoms with van der Waals surface area (Å²) in [4.78, 5) is 26.4. The van der Waals surface area contributed by atoms with Crippen LogP contribution in [0.1, 0.15) is 53.4 Å². The molecule has 0 radical (unpaired) electrons. The number of para-hydroxylation sites is 1. The molecule has 0 saturated carbocycles. The van der Waals surface area contributed by atoms with Crippen LogP contribution in [0.2, 0.25) is 0 Å². The third-order valence-electron chi connectivity index (χ3n) is 5.52. The highest BCUT2D eigenvalue weighted by Gasteiger charge is 2.23. The molecule has 0 spiro atoms. The fourth-order valence-corrected chi connectivity index (χ4v) is 3.81. The maximum absolute atomic E-state index is 13.4. The molecule has 156 valence electrons. The van der Waals surface area contributed by atoms with Gasteiger partial charge in [0.2, 0.25) is 0 Å². The lowest BCUT2D eigenvalue weighted by Gasteiger charge is -2.21. The van der Waals surface area contributed by atoms with Crippen molar-refractivity contribution in [1.29, 1.82) is 0 Å². The summed E-state index contributed by atoms with van der Waals surface area (Å²) in [5.41, 5.74) is 5.18. The molecule has 30 heavy (non-hydrogen) atoms. The van der Waals surface area contributed by atoms with Gasteiger partial charge in [0.05, 0.1) is 5.69 Å². The second kappa shape index (κ2) is 9.57. The number of amides is 1. The monoisotopic (exact) mass is 402 g/mol. The molecule has 3 aromatic rings. The molecule has 0 bridgehead atoms. The molecule has 4 heteroatoms. The van der Waals surface area contributed by atoms with Crippen molar-refractivity contribution in [3.63, 3.8) is 0 Å². The number of nitrogens with one attached hydrogen (secondary N) is 1. The van der Waals surface area contributed by atoms with Crippen molar-refractivity contribution in [3.8, 4) is 11.3 Å². The van der Waals surface area contributed by atoms with E-state index in [-0.39, 0.29) is 16.9 Å². The molecule has 0 saturated heterocycles. The first-order valence-corrected chi connectivity index (χ1v) is 10.6. The van der Waals surface area contributed by atoms with Crippen molar-refractivity contribution in [2.75, 3.05) is 5.32 Å². The van der Waals surface area contributed by atoms with Gasteiger partial charge in [-0.3, -0.25) is 9.59 Å². The molecule has 0 atom stereocenters. The van der Waals surface area contributed by atoms with Crippen molar-refractivity contribution < 1.29 is 4.79 Å². The third kappa shape index (κ3) is 4.54. The van der Waals surface area contributed by atoms with Gasteiger partial charge in [0.1, 0.15) is 5.56 Å². The smallest absolute Gasteiger partial charge is 0.261 e. The molecule has 0 aliphatic heterocycles. The van der Waals surface area contributed by atoms with E-state index < -0.39 is 0 Å². The van der Waals surface area contributed by atoms with Crippen LogP contribution in [0.5, 0.6) is 0 Å². The summed E-state index contributed by atoms with van der Waals surface area (Å²) in [5.74, 6) is -0.364. The highest BCUT2D eigenvalue weighted by molar-refractivity contribution is 6.08. The van der Waals surface area contributed by atoms with Gasteiger partial charge in [-0.15, -0.1) is 0 Å². The molecular formula is C26H30N2O2. The van der Waals surface area contributed by atoms with E-state index >= 15 is 0 Å². The number of carbonyl (C=O) groups excluding carboxylic acids is 1. The number of hydrogen-bond donors (Lipinski definition) is 1. The second-order valence-corrected chi connectivity index (χ2v) is 7.82. The Morgan fingerprint density at radius 1 is 0.933 bits per heavy atom. The van der Waals surface area contributed by atoms with Gasteiger partial charge in [-0.25, -0.2) is 0 Å². The van der Waals surface area contributed by atoms with Crippen LogP contribution in [0.3, 0.4) is 0 Å². The Labute approximate surface area is 178 Å². The van der Waals surface area contributed by atoms with Gasteiger partial charge >= 0.3 is 0 Å². The van der Waals surface area contributed by atoms with Crippen LogP contribution in [-0.4, -0.2) is 10.5 Å². The largest absolute Gasteiger partial charge is 0.344 e. The lowest BCUT2D eigenvalue weighted by atomic mass is 9.98. The number of aryl methyl sites for hydroxylation is 3. The van der Waals surface area contributed by atoms with Gasteiger partial charge in [0, 0.05) is 29.6 Å². The highest BCUT2D eigenvalue weighted by atomic mass is 16.2.